The van der Waals surface area contributed by atoms with Crippen LogP contribution >= 0.6 is 0 Å². The number of benzene rings is 3. The van der Waals surface area contributed by atoms with Gasteiger partial charge >= 0.3 is 0 Å². The molecule has 0 saturated heterocycles. The zero-order chi connectivity index (χ0) is 17.3. The Hall–Kier alpha value is -2.46. The molecule has 0 saturated carbocycles. The van der Waals surface area contributed by atoms with Gasteiger partial charge in [-0.25, -0.2) is 0 Å². The van der Waals surface area contributed by atoms with Gasteiger partial charge in [-0.15, -0.1) is 0 Å². The van der Waals surface area contributed by atoms with Crippen LogP contribution in [0.15, 0.2) is 36.4 Å². The number of nitrogens with zero attached hydrogens (tertiary/aromatic N) is 1. The molecule has 0 heterocycles. The lowest BCUT2D eigenvalue weighted by Crippen LogP contribution is -2.15. The van der Waals surface area contributed by atoms with E-state index in [1.807, 2.05) is 32.3 Å². The Kier molecular flexibility index (Phi) is 4.49. The van der Waals surface area contributed by atoms with E-state index in [1.165, 1.54) is 0 Å². The molecule has 3 aromatic rings. The van der Waals surface area contributed by atoms with Gasteiger partial charge in [-0.3, -0.25) is 0 Å². The molecule has 0 aliphatic carbocycles. The molecule has 126 valence electrons. The Morgan fingerprint density at radius 2 is 1.50 bits per heavy atom. The molecule has 0 aromatic heterocycles. The van der Waals surface area contributed by atoms with Crippen LogP contribution in [0.5, 0.6) is 17.2 Å². The first-order chi connectivity index (χ1) is 11.6. The van der Waals surface area contributed by atoms with Gasteiger partial charge in [0.15, 0.2) is 11.5 Å². The quantitative estimate of drug-likeness (QED) is 0.724. The summed E-state index contributed by atoms with van der Waals surface area (Å²) >= 11 is 0. The topological polar surface area (TPSA) is 41.9 Å². The largest absolute Gasteiger partial charge is 0.508 e. The molecule has 0 fully saturated rings. The number of aromatic hydroxyl groups is 1. The summed E-state index contributed by atoms with van der Waals surface area (Å²) in [6, 6.07) is 11.8. The van der Waals surface area contributed by atoms with Crippen LogP contribution in [0.2, 0.25) is 0 Å². The fourth-order valence-corrected chi connectivity index (χ4v) is 3.20. The van der Waals surface area contributed by atoms with Gasteiger partial charge in [0.25, 0.3) is 0 Å². The van der Waals surface area contributed by atoms with Gasteiger partial charge in [0.05, 0.1) is 14.2 Å². The summed E-state index contributed by atoms with van der Waals surface area (Å²) in [5.74, 6) is 1.72. The van der Waals surface area contributed by atoms with Crippen LogP contribution in [0.1, 0.15) is 5.56 Å². The van der Waals surface area contributed by atoms with Gasteiger partial charge in [-0.1, -0.05) is 24.3 Å². The molecule has 0 spiro atoms. The average molecular weight is 325 g/mol. The maximum atomic E-state index is 10.5. The maximum Gasteiger partial charge on any atom is 0.169 e. The Bertz CT molecular complexity index is 887. The van der Waals surface area contributed by atoms with Gasteiger partial charge in [0.2, 0.25) is 0 Å². The van der Waals surface area contributed by atoms with Gasteiger partial charge in [-0.2, -0.15) is 0 Å². The highest BCUT2D eigenvalue weighted by molar-refractivity contribution is 6.13. The number of rotatable bonds is 5. The number of hydrogen-bond donors (Lipinski definition) is 1. The standard InChI is InChI=1S/C20H23NO3/c1-21(2)12-11-15-16(22)9-7-13-5-6-14-8-10-17(23-3)20(24-4)19(14)18(13)15/h5-10,22H,11-12H2,1-4H3. The zero-order valence-corrected chi connectivity index (χ0v) is 14.6. The summed E-state index contributed by atoms with van der Waals surface area (Å²) in [4.78, 5) is 2.11. The molecular formula is C20H23NO3. The Morgan fingerprint density at radius 1 is 0.875 bits per heavy atom. The van der Waals surface area contributed by atoms with E-state index in [0.717, 1.165) is 40.1 Å². The minimum absolute atomic E-state index is 0.321. The normalized spacial score (nSPS) is 11.4. The van der Waals surface area contributed by atoms with E-state index in [9.17, 15) is 5.11 Å². The van der Waals surface area contributed by atoms with Crippen LogP contribution in [-0.4, -0.2) is 44.9 Å². The van der Waals surface area contributed by atoms with E-state index in [4.69, 9.17) is 9.47 Å². The first-order valence-corrected chi connectivity index (χ1v) is 7.99. The Labute approximate surface area is 142 Å². The monoisotopic (exact) mass is 325 g/mol. The molecule has 1 N–H and O–H groups in total. The van der Waals surface area contributed by atoms with Crippen molar-refractivity contribution in [2.75, 3.05) is 34.9 Å². The summed E-state index contributed by atoms with van der Waals surface area (Å²) in [5.41, 5.74) is 0.943. The number of methoxy groups -OCH3 is 2. The zero-order valence-electron chi connectivity index (χ0n) is 14.6. The molecule has 0 amide bonds. The van der Waals surface area contributed by atoms with Crippen molar-refractivity contribution >= 4 is 21.5 Å². The molecular weight excluding hydrogens is 302 g/mol. The third kappa shape index (κ3) is 2.74. The van der Waals surface area contributed by atoms with Crippen molar-refractivity contribution in [1.29, 1.82) is 0 Å². The second kappa shape index (κ2) is 6.57. The van der Waals surface area contributed by atoms with Crippen molar-refractivity contribution in [3.05, 3.63) is 42.0 Å². The number of phenolic OH excluding ortho intramolecular Hbond substituents is 1. The summed E-state index contributed by atoms with van der Waals surface area (Å²) in [5, 5.41) is 14.6. The predicted molar refractivity (Wildman–Crippen MR) is 98.5 cm³/mol. The first-order valence-electron chi connectivity index (χ1n) is 7.99. The molecule has 3 aromatic carbocycles. The van der Waals surface area contributed by atoms with E-state index in [2.05, 4.69) is 17.0 Å². The van der Waals surface area contributed by atoms with Crippen LogP contribution in [0, 0.1) is 0 Å². The highest BCUT2D eigenvalue weighted by atomic mass is 16.5. The molecule has 4 nitrogen and oxygen atoms in total. The van der Waals surface area contributed by atoms with Crippen LogP contribution in [0.25, 0.3) is 21.5 Å². The molecule has 0 bridgehead atoms. The fourth-order valence-electron chi connectivity index (χ4n) is 3.20. The van der Waals surface area contributed by atoms with Crippen molar-refractivity contribution in [3.63, 3.8) is 0 Å². The van der Waals surface area contributed by atoms with Crippen LogP contribution < -0.4 is 9.47 Å². The lowest BCUT2D eigenvalue weighted by Gasteiger charge is -2.17. The summed E-state index contributed by atoms with van der Waals surface area (Å²) in [6.45, 7) is 0.856. The van der Waals surface area contributed by atoms with Crippen molar-refractivity contribution in [2.45, 2.75) is 6.42 Å². The molecule has 0 aliphatic rings. The van der Waals surface area contributed by atoms with E-state index in [0.29, 0.717) is 17.2 Å². The smallest absolute Gasteiger partial charge is 0.169 e. The number of ether oxygens (including phenoxy) is 2. The van der Waals surface area contributed by atoms with Gasteiger partial charge in [0, 0.05) is 22.9 Å². The minimum Gasteiger partial charge on any atom is -0.508 e. The molecule has 0 radical (unpaired) electrons. The molecule has 4 heteroatoms. The highest BCUT2D eigenvalue weighted by Gasteiger charge is 2.16. The van der Waals surface area contributed by atoms with Crippen LogP contribution in [0.3, 0.4) is 0 Å². The van der Waals surface area contributed by atoms with E-state index in [-0.39, 0.29) is 0 Å². The lowest BCUT2D eigenvalue weighted by molar-refractivity contribution is 0.358. The number of fused-ring (bicyclic) bond motifs is 3. The lowest BCUT2D eigenvalue weighted by atomic mass is 9.94. The highest BCUT2D eigenvalue weighted by Crippen LogP contribution is 2.42. The molecule has 0 atom stereocenters. The number of hydrogen-bond acceptors (Lipinski definition) is 4. The van der Waals surface area contributed by atoms with Gasteiger partial charge in [0.1, 0.15) is 5.75 Å². The maximum absolute atomic E-state index is 10.5. The van der Waals surface area contributed by atoms with Crippen molar-refractivity contribution in [2.24, 2.45) is 0 Å². The molecule has 0 unspecified atom stereocenters. The van der Waals surface area contributed by atoms with Crippen molar-refractivity contribution < 1.29 is 14.6 Å². The SMILES string of the molecule is COc1ccc2ccc3ccc(O)c(CCN(C)C)c3c2c1OC. The van der Waals surface area contributed by atoms with Gasteiger partial charge < -0.3 is 19.5 Å². The molecule has 24 heavy (non-hydrogen) atoms. The van der Waals surface area contributed by atoms with E-state index >= 15 is 0 Å². The van der Waals surface area contributed by atoms with E-state index < -0.39 is 0 Å². The average Bonchev–Trinajstić information content (AvgIpc) is 2.59. The Balaban J connectivity index is 2.41. The number of likely N-dealkylation sites (N-methyl/N-ethyl adjacent to an activating group) is 1. The van der Waals surface area contributed by atoms with Crippen molar-refractivity contribution in [3.8, 4) is 17.2 Å². The summed E-state index contributed by atoms with van der Waals surface area (Å²) in [6.07, 6.45) is 0.760. The second-order valence-corrected chi connectivity index (χ2v) is 6.18. The van der Waals surface area contributed by atoms with Crippen LogP contribution in [0.4, 0.5) is 0 Å². The third-order valence-electron chi connectivity index (χ3n) is 4.40. The summed E-state index contributed by atoms with van der Waals surface area (Å²) < 4.78 is 11.1. The van der Waals surface area contributed by atoms with Crippen molar-refractivity contribution in [1.82, 2.24) is 4.90 Å². The first kappa shape index (κ1) is 16.4. The number of phenols is 1. The van der Waals surface area contributed by atoms with Crippen LogP contribution in [-0.2, 0) is 6.42 Å². The predicted octanol–water partition coefficient (Wildman–Crippen LogP) is 3.82. The van der Waals surface area contributed by atoms with E-state index in [1.54, 1.807) is 20.3 Å². The fraction of sp³-hybridized carbons (Fsp3) is 0.300. The summed E-state index contributed by atoms with van der Waals surface area (Å²) in [7, 11) is 7.35. The molecule has 3 rings (SSSR count). The molecule has 0 aliphatic heterocycles. The minimum atomic E-state index is 0.321. The van der Waals surface area contributed by atoms with Gasteiger partial charge in [-0.05, 0) is 43.4 Å². The second-order valence-electron chi connectivity index (χ2n) is 6.18. The Morgan fingerprint density at radius 3 is 2.12 bits per heavy atom. The third-order valence-corrected chi connectivity index (χ3v) is 4.40.